The number of halogens is 1. The van der Waals surface area contributed by atoms with E-state index < -0.39 is 10.0 Å². The first-order valence-corrected chi connectivity index (χ1v) is 12.8. The second-order valence-electron chi connectivity index (χ2n) is 8.69. The first kappa shape index (κ1) is 25.5. The molecule has 3 rings (SSSR count). The number of hydrogen-bond acceptors (Lipinski definition) is 5. The predicted octanol–water partition coefficient (Wildman–Crippen LogP) is 3.80. The SMILES string of the molecule is COc1ccccc1C(CNC(=O)c1ccc(Cl)c(S(=O)(=O)N2CCCC(C)C2)c1)N(C)C. The van der Waals surface area contributed by atoms with Crippen LogP contribution < -0.4 is 10.1 Å². The molecule has 9 heteroatoms. The van der Waals surface area contributed by atoms with Crippen LogP contribution in [0.1, 0.15) is 41.7 Å². The van der Waals surface area contributed by atoms with Crippen LogP contribution in [0.3, 0.4) is 0 Å². The summed E-state index contributed by atoms with van der Waals surface area (Å²) in [6.07, 6.45) is 1.81. The number of likely N-dealkylation sites (N-methyl/N-ethyl adjacent to an activating group) is 1. The molecule has 1 heterocycles. The monoisotopic (exact) mass is 493 g/mol. The number of rotatable bonds is 8. The fourth-order valence-corrected chi connectivity index (χ4v) is 6.25. The van der Waals surface area contributed by atoms with Crippen molar-refractivity contribution in [1.29, 1.82) is 0 Å². The Balaban J connectivity index is 1.80. The van der Waals surface area contributed by atoms with Crippen LogP contribution in [-0.4, -0.2) is 64.4 Å². The number of piperidine rings is 1. The zero-order chi connectivity index (χ0) is 24.2. The van der Waals surface area contributed by atoms with Gasteiger partial charge >= 0.3 is 0 Å². The quantitative estimate of drug-likeness (QED) is 0.605. The van der Waals surface area contributed by atoms with E-state index in [1.165, 1.54) is 16.4 Å². The van der Waals surface area contributed by atoms with Crippen molar-refractivity contribution in [2.45, 2.75) is 30.7 Å². The number of carbonyl (C=O) groups excluding carboxylic acids is 1. The summed E-state index contributed by atoms with van der Waals surface area (Å²) in [7, 11) is 1.69. The largest absolute Gasteiger partial charge is 0.496 e. The minimum absolute atomic E-state index is 0.0280. The van der Waals surface area contributed by atoms with Crippen LogP contribution in [-0.2, 0) is 10.0 Å². The molecule has 2 aromatic carbocycles. The summed E-state index contributed by atoms with van der Waals surface area (Å²) in [5.74, 6) is 0.662. The third-order valence-corrected chi connectivity index (χ3v) is 8.35. The van der Waals surface area contributed by atoms with E-state index in [9.17, 15) is 13.2 Å². The summed E-state index contributed by atoms with van der Waals surface area (Å²) >= 11 is 6.27. The average molecular weight is 494 g/mol. The van der Waals surface area contributed by atoms with Crippen molar-refractivity contribution in [1.82, 2.24) is 14.5 Å². The Morgan fingerprint density at radius 1 is 1.27 bits per heavy atom. The van der Waals surface area contributed by atoms with Crippen LogP contribution in [0.4, 0.5) is 0 Å². The number of sulfonamides is 1. The number of nitrogens with zero attached hydrogens (tertiary/aromatic N) is 2. The zero-order valence-corrected chi connectivity index (χ0v) is 21.1. The molecule has 2 atom stereocenters. The number of nitrogens with one attached hydrogen (secondary N) is 1. The Morgan fingerprint density at radius 3 is 2.67 bits per heavy atom. The molecule has 1 saturated heterocycles. The Hall–Kier alpha value is -2.13. The maximum Gasteiger partial charge on any atom is 0.251 e. The highest BCUT2D eigenvalue weighted by molar-refractivity contribution is 7.89. The molecule has 2 aromatic rings. The third-order valence-electron chi connectivity index (χ3n) is 6.01. The molecule has 0 spiro atoms. The highest BCUT2D eigenvalue weighted by Gasteiger charge is 2.31. The van der Waals surface area contributed by atoms with E-state index >= 15 is 0 Å². The van der Waals surface area contributed by atoms with E-state index in [4.69, 9.17) is 16.3 Å². The van der Waals surface area contributed by atoms with Crippen LogP contribution in [0.5, 0.6) is 5.75 Å². The minimum atomic E-state index is -3.78. The van der Waals surface area contributed by atoms with Crippen molar-refractivity contribution in [2.24, 2.45) is 5.92 Å². The molecule has 0 bridgehead atoms. The molecular formula is C24H32ClN3O4S. The van der Waals surface area contributed by atoms with Crippen LogP contribution in [0, 0.1) is 5.92 Å². The fourth-order valence-electron chi connectivity index (χ4n) is 4.15. The van der Waals surface area contributed by atoms with Gasteiger partial charge in [-0.05, 0) is 57.1 Å². The van der Waals surface area contributed by atoms with E-state index in [1.807, 2.05) is 50.2 Å². The summed E-state index contributed by atoms with van der Waals surface area (Å²) in [5, 5.41) is 3.04. The molecular weight excluding hydrogens is 462 g/mol. The molecule has 33 heavy (non-hydrogen) atoms. The molecule has 1 amide bonds. The maximum absolute atomic E-state index is 13.2. The second kappa shape index (κ2) is 10.9. The Labute approximate surface area is 201 Å². The van der Waals surface area contributed by atoms with Gasteiger partial charge in [-0.25, -0.2) is 8.42 Å². The molecule has 7 nitrogen and oxygen atoms in total. The Kier molecular flexibility index (Phi) is 8.39. The van der Waals surface area contributed by atoms with Crippen molar-refractivity contribution < 1.29 is 17.9 Å². The van der Waals surface area contributed by atoms with Gasteiger partial charge in [-0.1, -0.05) is 36.7 Å². The summed E-state index contributed by atoms with van der Waals surface area (Å²) < 4.78 is 33.4. The third kappa shape index (κ3) is 5.87. The van der Waals surface area contributed by atoms with Gasteiger partial charge in [-0.2, -0.15) is 4.31 Å². The number of methoxy groups -OCH3 is 1. The van der Waals surface area contributed by atoms with Crippen LogP contribution in [0.15, 0.2) is 47.4 Å². The van der Waals surface area contributed by atoms with Gasteiger partial charge in [0, 0.05) is 30.8 Å². The maximum atomic E-state index is 13.2. The number of amides is 1. The van der Waals surface area contributed by atoms with E-state index in [-0.39, 0.29) is 33.3 Å². The topological polar surface area (TPSA) is 78.9 Å². The molecule has 2 unspecified atom stereocenters. The lowest BCUT2D eigenvalue weighted by Gasteiger charge is -2.30. The number of para-hydroxylation sites is 1. The first-order valence-electron chi connectivity index (χ1n) is 11.0. The molecule has 1 N–H and O–H groups in total. The first-order chi connectivity index (χ1) is 15.6. The van der Waals surface area contributed by atoms with E-state index in [0.717, 1.165) is 24.2 Å². The van der Waals surface area contributed by atoms with Crippen LogP contribution in [0.2, 0.25) is 5.02 Å². The Bertz CT molecular complexity index is 1090. The molecule has 0 aliphatic carbocycles. The fraction of sp³-hybridized carbons (Fsp3) is 0.458. The van der Waals surface area contributed by atoms with Crippen molar-refractivity contribution >= 4 is 27.5 Å². The summed E-state index contributed by atoms with van der Waals surface area (Å²) in [4.78, 5) is 14.9. The van der Waals surface area contributed by atoms with Gasteiger partial charge in [0.25, 0.3) is 5.91 Å². The normalized spacial score (nSPS) is 18.2. The van der Waals surface area contributed by atoms with Crippen LogP contribution in [0.25, 0.3) is 0 Å². The van der Waals surface area contributed by atoms with Gasteiger partial charge in [0.1, 0.15) is 10.6 Å². The number of carbonyl (C=O) groups is 1. The van der Waals surface area contributed by atoms with Crippen molar-refractivity contribution in [3.05, 3.63) is 58.6 Å². The molecule has 0 saturated carbocycles. The van der Waals surface area contributed by atoms with Gasteiger partial charge in [-0.3, -0.25) is 4.79 Å². The lowest BCUT2D eigenvalue weighted by Crippen LogP contribution is -2.39. The summed E-state index contributed by atoms with van der Waals surface area (Å²) in [6.45, 7) is 3.28. The van der Waals surface area contributed by atoms with E-state index in [2.05, 4.69) is 5.32 Å². The average Bonchev–Trinajstić information content (AvgIpc) is 2.79. The summed E-state index contributed by atoms with van der Waals surface area (Å²) in [5.41, 5.74) is 1.20. The van der Waals surface area contributed by atoms with E-state index in [0.29, 0.717) is 19.6 Å². The predicted molar refractivity (Wildman–Crippen MR) is 130 cm³/mol. The summed E-state index contributed by atoms with van der Waals surface area (Å²) in [6, 6.07) is 11.9. The molecule has 0 aromatic heterocycles. The lowest BCUT2D eigenvalue weighted by molar-refractivity contribution is 0.0941. The molecule has 1 fully saturated rings. The number of ether oxygens (including phenoxy) is 1. The minimum Gasteiger partial charge on any atom is -0.496 e. The zero-order valence-electron chi connectivity index (χ0n) is 19.5. The van der Waals surface area contributed by atoms with Gasteiger partial charge < -0.3 is 15.0 Å². The number of benzene rings is 2. The molecule has 1 aliphatic heterocycles. The van der Waals surface area contributed by atoms with E-state index in [1.54, 1.807) is 13.2 Å². The van der Waals surface area contributed by atoms with Crippen molar-refractivity contribution in [3.8, 4) is 5.75 Å². The molecule has 180 valence electrons. The highest BCUT2D eigenvalue weighted by Crippen LogP contribution is 2.30. The Morgan fingerprint density at radius 2 is 2.00 bits per heavy atom. The number of hydrogen-bond donors (Lipinski definition) is 1. The van der Waals surface area contributed by atoms with Crippen LogP contribution >= 0.6 is 11.6 Å². The van der Waals surface area contributed by atoms with Gasteiger partial charge in [0.2, 0.25) is 10.0 Å². The van der Waals surface area contributed by atoms with Gasteiger partial charge in [0.15, 0.2) is 0 Å². The lowest BCUT2D eigenvalue weighted by atomic mass is 10.0. The standard InChI is InChI=1S/C24H32ClN3O4S/c1-17-8-7-13-28(16-17)33(30,31)23-14-18(11-12-20(23)25)24(29)26-15-21(27(2)3)19-9-5-6-10-22(19)32-4/h5-6,9-12,14,17,21H,7-8,13,15-16H2,1-4H3,(H,26,29). The smallest absolute Gasteiger partial charge is 0.251 e. The highest BCUT2D eigenvalue weighted by atomic mass is 35.5. The molecule has 1 aliphatic rings. The van der Waals surface area contributed by atoms with Gasteiger partial charge in [0.05, 0.1) is 18.2 Å². The van der Waals surface area contributed by atoms with Crippen molar-refractivity contribution in [2.75, 3.05) is 40.8 Å². The van der Waals surface area contributed by atoms with Gasteiger partial charge in [-0.15, -0.1) is 0 Å². The van der Waals surface area contributed by atoms with Crippen molar-refractivity contribution in [3.63, 3.8) is 0 Å². The second-order valence-corrected chi connectivity index (χ2v) is 11.0. The molecule has 0 radical (unpaired) electrons.